The number of likely N-dealkylation sites (tertiary alicyclic amines) is 1. The lowest BCUT2D eigenvalue weighted by atomic mass is 10.0. The van der Waals surface area contributed by atoms with Crippen molar-refractivity contribution in [2.75, 3.05) is 13.6 Å². The number of likely N-dealkylation sites (N-methyl/N-ethyl adjacent to an activating group) is 1. The standard InChI is InChI=1S/C10H15N/c1-4-6-10-9(2)7-5-8-11(10)3/h4,6H,1-2,5,7-8H2,3H3/b10-6+. The number of nitrogens with zero attached hydrogens (tertiary/aromatic N) is 1. The van der Waals surface area contributed by atoms with E-state index in [2.05, 4.69) is 25.1 Å². The average molecular weight is 149 g/mol. The van der Waals surface area contributed by atoms with Crippen LogP contribution in [-0.2, 0) is 0 Å². The summed E-state index contributed by atoms with van der Waals surface area (Å²) in [4.78, 5) is 2.23. The fourth-order valence-electron chi connectivity index (χ4n) is 1.40. The van der Waals surface area contributed by atoms with Gasteiger partial charge in [0.15, 0.2) is 0 Å². The molecule has 60 valence electrons. The van der Waals surface area contributed by atoms with Crippen LogP contribution in [0, 0.1) is 0 Å². The third-order valence-electron chi connectivity index (χ3n) is 2.02. The van der Waals surface area contributed by atoms with Gasteiger partial charge in [-0.15, -0.1) is 0 Å². The van der Waals surface area contributed by atoms with Gasteiger partial charge in [-0.05, 0) is 24.5 Å². The van der Waals surface area contributed by atoms with Gasteiger partial charge in [-0.1, -0.05) is 19.2 Å². The minimum atomic E-state index is 1.13. The monoisotopic (exact) mass is 149 g/mol. The van der Waals surface area contributed by atoms with Crippen molar-refractivity contribution in [1.82, 2.24) is 4.90 Å². The first-order valence-electron chi connectivity index (χ1n) is 3.97. The lowest BCUT2D eigenvalue weighted by Crippen LogP contribution is -2.24. The first kappa shape index (κ1) is 8.12. The minimum Gasteiger partial charge on any atom is -0.374 e. The lowest BCUT2D eigenvalue weighted by molar-refractivity contribution is 0.385. The summed E-state index contributed by atoms with van der Waals surface area (Å²) < 4.78 is 0. The molecule has 0 atom stereocenters. The van der Waals surface area contributed by atoms with E-state index in [9.17, 15) is 0 Å². The molecule has 0 unspecified atom stereocenters. The Morgan fingerprint density at radius 3 is 2.82 bits per heavy atom. The smallest absolute Gasteiger partial charge is 0.0389 e. The summed E-state index contributed by atoms with van der Waals surface area (Å²) in [5.74, 6) is 0. The molecule has 0 saturated carbocycles. The summed E-state index contributed by atoms with van der Waals surface area (Å²) in [6.45, 7) is 8.82. The van der Waals surface area contributed by atoms with Crippen LogP contribution in [-0.4, -0.2) is 18.5 Å². The summed E-state index contributed by atoms with van der Waals surface area (Å²) in [6, 6.07) is 0. The van der Waals surface area contributed by atoms with E-state index >= 15 is 0 Å². The van der Waals surface area contributed by atoms with Crippen molar-refractivity contribution in [3.8, 4) is 0 Å². The van der Waals surface area contributed by atoms with E-state index in [1.54, 1.807) is 0 Å². The quantitative estimate of drug-likeness (QED) is 0.553. The molecule has 0 spiro atoms. The van der Waals surface area contributed by atoms with Gasteiger partial charge >= 0.3 is 0 Å². The fourth-order valence-corrected chi connectivity index (χ4v) is 1.40. The highest BCUT2D eigenvalue weighted by Gasteiger charge is 2.12. The van der Waals surface area contributed by atoms with E-state index < -0.39 is 0 Å². The molecule has 1 heteroatoms. The largest absolute Gasteiger partial charge is 0.374 e. The summed E-state index contributed by atoms with van der Waals surface area (Å²) in [5, 5.41) is 0. The zero-order valence-electron chi connectivity index (χ0n) is 7.14. The van der Waals surface area contributed by atoms with Gasteiger partial charge in [0.2, 0.25) is 0 Å². The number of hydrogen-bond acceptors (Lipinski definition) is 1. The maximum atomic E-state index is 4.01. The summed E-state index contributed by atoms with van der Waals surface area (Å²) in [7, 11) is 2.10. The molecule has 0 aromatic carbocycles. The van der Waals surface area contributed by atoms with E-state index in [0.717, 1.165) is 13.0 Å². The van der Waals surface area contributed by atoms with Gasteiger partial charge in [0.25, 0.3) is 0 Å². The molecule has 1 saturated heterocycles. The van der Waals surface area contributed by atoms with Crippen LogP contribution in [0.4, 0.5) is 0 Å². The van der Waals surface area contributed by atoms with Crippen LogP contribution in [0.2, 0.25) is 0 Å². The van der Waals surface area contributed by atoms with Crippen LogP contribution in [0.5, 0.6) is 0 Å². The zero-order valence-corrected chi connectivity index (χ0v) is 7.14. The third-order valence-corrected chi connectivity index (χ3v) is 2.02. The van der Waals surface area contributed by atoms with Gasteiger partial charge in [-0.2, -0.15) is 0 Å². The summed E-state index contributed by atoms with van der Waals surface area (Å²) in [5.41, 5.74) is 2.48. The van der Waals surface area contributed by atoms with Crippen molar-refractivity contribution < 1.29 is 0 Å². The molecule has 11 heavy (non-hydrogen) atoms. The van der Waals surface area contributed by atoms with Crippen LogP contribution < -0.4 is 0 Å². The van der Waals surface area contributed by atoms with Crippen LogP contribution in [0.25, 0.3) is 0 Å². The van der Waals surface area contributed by atoms with Crippen molar-refractivity contribution in [3.63, 3.8) is 0 Å². The van der Waals surface area contributed by atoms with E-state index in [1.165, 1.54) is 17.7 Å². The van der Waals surface area contributed by atoms with Gasteiger partial charge in [0, 0.05) is 19.3 Å². The summed E-state index contributed by atoms with van der Waals surface area (Å²) >= 11 is 0. The Morgan fingerprint density at radius 2 is 2.27 bits per heavy atom. The van der Waals surface area contributed by atoms with Crippen molar-refractivity contribution >= 4 is 0 Å². The first-order chi connectivity index (χ1) is 5.25. The molecule has 1 fully saturated rings. The molecule has 0 bridgehead atoms. The van der Waals surface area contributed by atoms with E-state index in [0.29, 0.717) is 0 Å². The molecule has 0 aliphatic carbocycles. The lowest BCUT2D eigenvalue weighted by Gasteiger charge is -2.29. The predicted molar refractivity (Wildman–Crippen MR) is 49.3 cm³/mol. The van der Waals surface area contributed by atoms with Crippen molar-refractivity contribution in [2.45, 2.75) is 12.8 Å². The molecule has 1 aliphatic heterocycles. The van der Waals surface area contributed by atoms with Crippen LogP contribution in [0.15, 0.2) is 36.6 Å². The van der Waals surface area contributed by atoms with Gasteiger partial charge in [-0.25, -0.2) is 0 Å². The van der Waals surface area contributed by atoms with Crippen molar-refractivity contribution in [1.29, 1.82) is 0 Å². The number of allylic oxidation sites excluding steroid dienone is 3. The molecule has 1 rings (SSSR count). The molecule has 1 nitrogen and oxygen atoms in total. The Labute approximate surface area is 68.7 Å². The second-order valence-corrected chi connectivity index (χ2v) is 2.92. The molecule has 0 aromatic rings. The van der Waals surface area contributed by atoms with Gasteiger partial charge in [0.1, 0.15) is 0 Å². The maximum Gasteiger partial charge on any atom is 0.0389 e. The Hall–Kier alpha value is -0.980. The number of piperidine rings is 1. The molecular formula is C10H15N. The Kier molecular flexibility index (Phi) is 2.53. The maximum absolute atomic E-state index is 4.01. The predicted octanol–water partition coefficient (Wildman–Crippen LogP) is 2.34. The molecule has 0 radical (unpaired) electrons. The highest BCUT2D eigenvalue weighted by atomic mass is 15.1. The van der Waals surface area contributed by atoms with Crippen LogP contribution in [0.3, 0.4) is 0 Å². The molecule has 0 aromatic heterocycles. The number of rotatable bonds is 1. The first-order valence-corrected chi connectivity index (χ1v) is 3.97. The highest BCUT2D eigenvalue weighted by Crippen LogP contribution is 2.22. The van der Waals surface area contributed by atoms with Crippen LogP contribution in [0.1, 0.15) is 12.8 Å². The average Bonchev–Trinajstić information content (AvgIpc) is 1.97. The zero-order chi connectivity index (χ0) is 8.27. The second kappa shape index (κ2) is 3.42. The van der Waals surface area contributed by atoms with Crippen molar-refractivity contribution in [2.24, 2.45) is 0 Å². The fraction of sp³-hybridized carbons (Fsp3) is 0.400. The second-order valence-electron chi connectivity index (χ2n) is 2.92. The van der Waals surface area contributed by atoms with Gasteiger partial charge in [-0.3, -0.25) is 0 Å². The third kappa shape index (κ3) is 1.73. The normalized spacial score (nSPS) is 22.5. The number of hydrogen-bond donors (Lipinski definition) is 0. The molecule has 0 N–H and O–H groups in total. The van der Waals surface area contributed by atoms with Gasteiger partial charge < -0.3 is 4.90 Å². The molecular weight excluding hydrogens is 134 g/mol. The molecule has 0 amide bonds. The molecule has 1 aliphatic rings. The Morgan fingerprint density at radius 1 is 1.55 bits per heavy atom. The Balaban J connectivity index is 2.78. The van der Waals surface area contributed by atoms with E-state index in [-0.39, 0.29) is 0 Å². The minimum absolute atomic E-state index is 1.13. The Bertz CT molecular complexity index is 201. The van der Waals surface area contributed by atoms with E-state index in [1.807, 2.05) is 12.2 Å². The SMILES string of the molecule is C=C/C=C1\C(=C)CCCN1C. The van der Waals surface area contributed by atoms with Crippen LogP contribution >= 0.6 is 0 Å². The van der Waals surface area contributed by atoms with E-state index in [4.69, 9.17) is 0 Å². The summed E-state index contributed by atoms with van der Waals surface area (Å²) in [6.07, 6.45) is 6.21. The van der Waals surface area contributed by atoms with Crippen molar-refractivity contribution in [3.05, 3.63) is 36.6 Å². The molecule has 1 heterocycles. The van der Waals surface area contributed by atoms with Gasteiger partial charge in [0.05, 0.1) is 0 Å². The highest BCUT2D eigenvalue weighted by molar-refractivity contribution is 5.31. The topological polar surface area (TPSA) is 3.24 Å².